The molecule has 1 atom stereocenters. The van der Waals surface area contributed by atoms with Crippen molar-refractivity contribution in [1.29, 1.82) is 0 Å². The van der Waals surface area contributed by atoms with E-state index in [1.807, 2.05) is 12.1 Å². The van der Waals surface area contributed by atoms with Crippen LogP contribution in [0.5, 0.6) is 5.75 Å². The zero-order valence-electron chi connectivity index (χ0n) is 11.7. The Balaban J connectivity index is 0.00000147. The zero-order chi connectivity index (χ0) is 13.2. The summed E-state index contributed by atoms with van der Waals surface area (Å²) in [4.78, 5) is 14.5. The molecule has 0 aliphatic carbocycles. The van der Waals surface area contributed by atoms with Gasteiger partial charge in [-0.3, -0.25) is 4.79 Å². The Morgan fingerprint density at radius 1 is 1.40 bits per heavy atom. The van der Waals surface area contributed by atoms with E-state index in [-0.39, 0.29) is 24.4 Å². The molecule has 1 aromatic rings. The summed E-state index contributed by atoms with van der Waals surface area (Å²) < 4.78 is 5.28. The Kier molecular flexibility index (Phi) is 4.89. The SMILES string of the molecule is COc1cccc(C2CCCN2C(=O)C2CNC2)c1.Cl. The van der Waals surface area contributed by atoms with Crippen molar-refractivity contribution in [3.05, 3.63) is 29.8 Å². The van der Waals surface area contributed by atoms with Crippen LogP contribution in [0, 0.1) is 5.92 Å². The third-order valence-corrected chi connectivity index (χ3v) is 4.15. The summed E-state index contributed by atoms with van der Waals surface area (Å²) in [6.07, 6.45) is 2.15. The summed E-state index contributed by atoms with van der Waals surface area (Å²) in [7, 11) is 1.68. The first-order valence-electron chi connectivity index (χ1n) is 6.95. The zero-order valence-corrected chi connectivity index (χ0v) is 12.5. The summed E-state index contributed by atoms with van der Waals surface area (Å²) in [6.45, 7) is 2.55. The maximum Gasteiger partial charge on any atom is 0.228 e. The first-order valence-corrected chi connectivity index (χ1v) is 6.95. The second-order valence-corrected chi connectivity index (χ2v) is 5.32. The largest absolute Gasteiger partial charge is 0.497 e. The van der Waals surface area contributed by atoms with Crippen molar-refractivity contribution < 1.29 is 9.53 Å². The fraction of sp³-hybridized carbons (Fsp3) is 0.533. The van der Waals surface area contributed by atoms with Gasteiger partial charge in [0.15, 0.2) is 0 Å². The average Bonchev–Trinajstić information content (AvgIpc) is 2.86. The van der Waals surface area contributed by atoms with Crippen molar-refractivity contribution in [3.8, 4) is 5.75 Å². The normalized spacial score (nSPS) is 22.1. The molecule has 20 heavy (non-hydrogen) atoms. The van der Waals surface area contributed by atoms with Crippen LogP contribution in [0.3, 0.4) is 0 Å². The fourth-order valence-corrected chi connectivity index (χ4v) is 2.92. The van der Waals surface area contributed by atoms with Crippen LogP contribution in [0.2, 0.25) is 0 Å². The predicted molar refractivity (Wildman–Crippen MR) is 80.3 cm³/mol. The molecule has 3 rings (SSSR count). The van der Waals surface area contributed by atoms with Crippen LogP contribution in [0.25, 0.3) is 0 Å². The monoisotopic (exact) mass is 296 g/mol. The second kappa shape index (κ2) is 6.46. The lowest BCUT2D eigenvalue weighted by molar-refractivity contribution is -0.138. The highest BCUT2D eigenvalue weighted by molar-refractivity contribution is 5.85. The van der Waals surface area contributed by atoms with Crippen molar-refractivity contribution in [3.63, 3.8) is 0 Å². The van der Waals surface area contributed by atoms with Gasteiger partial charge in [-0.15, -0.1) is 12.4 Å². The minimum Gasteiger partial charge on any atom is -0.497 e. The highest BCUT2D eigenvalue weighted by Crippen LogP contribution is 2.34. The number of nitrogens with one attached hydrogen (secondary N) is 1. The van der Waals surface area contributed by atoms with Crippen LogP contribution in [-0.4, -0.2) is 37.6 Å². The van der Waals surface area contributed by atoms with E-state index < -0.39 is 0 Å². The molecular weight excluding hydrogens is 276 g/mol. The summed E-state index contributed by atoms with van der Waals surface area (Å²) in [6, 6.07) is 8.32. The lowest BCUT2D eigenvalue weighted by Gasteiger charge is -2.33. The van der Waals surface area contributed by atoms with Gasteiger partial charge in [-0.25, -0.2) is 0 Å². The smallest absolute Gasteiger partial charge is 0.228 e. The molecule has 0 spiro atoms. The molecule has 0 radical (unpaired) electrons. The van der Waals surface area contributed by atoms with Crippen LogP contribution in [-0.2, 0) is 4.79 Å². The van der Waals surface area contributed by atoms with E-state index in [9.17, 15) is 4.79 Å². The number of benzene rings is 1. The number of carbonyl (C=O) groups is 1. The van der Waals surface area contributed by atoms with E-state index in [4.69, 9.17) is 4.74 Å². The summed E-state index contributed by atoms with van der Waals surface area (Å²) in [5, 5.41) is 3.17. The fourth-order valence-electron chi connectivity index (χ4n) is 2.92. The minimum absolute atomic E-state index is 0. The van der Waals surface area contributed by atoms with Gasteiger partial charge in [0.05, 0.1) is 19.1 Å². The predicted octanol–water partition coefficient (Wildman–Crippen LogP) is 2.00. The number of amides is 1. The Hall–Kier alpha value is -1.26. The van der Waals surface area contributed by atoms with E-state index in [0.29, 0.717) is 5.91 Å². The lowest BCUT2D eigenvalue weighted by atomic mass is 9.99. The van der Waals surface area contributed by atoms with Gasteiger partial charge in [-0.05, 0) is 30.5 Å². The van der Waals surface area contributed by atoms with Gasteiger partial charge >= 0.3 is 0 Å². The number of nitrogens with zero attached hydrogens (tertiary/aromatic N) is 1. The molecule has 2 fully saturated rings. The van der Waals surface area contributed by atoms with Crippen molar-refractivity contribution in [2.24, 2.45) is 5.92 Å². The quantitative estimate of drug-likeness (QED) is 0.927. The van der Waals surface area contributed by atoms with E-state index >= 15 is 0 Å². The molecule has 0 bridgehead atoms. The molecule has 4 nitrogen and oxygen atoms in total. The Morgan fingerprint density at radius 3 is 2.85 bits per heavy atom. The van der Waals surface area contributed by atoms with Crippen LogP contribution >= 0.6 is 12.4 Å². The Labute approximate surface area is 125 Å². The summed E-state index contributed by atoms with van der Waals surface area (Å²) in [5.41, 5.74) is 1.19. The number of ether oxygens (including phenoxy) is 1. The molecule has 1 unspecified atom stereocenters. The van der Waals surface area contributed by atoms with E-state index in [1.54, 1.807) is 7.11 Å². The highest BCUT2D eigenvalue weighted by atomic mass is 35.5. The molecule has 1 aromatic carbocycles. The van der Waals surface area contributed by atoms with Gasteiger partial charge in [0.1, 0.15) is 5.75 Å². The first kappa shape index (κ1) is 15.1. The molecule has 110 valence electrons. The molecule has 1 amide bonds. The van der Waals surface area contributed by atoms with Crippen molar-refractivity contribution in [1.82, 2.24) is 10.2 Å². The lowest BCUT2D eigenvalue weighted by Crippen LogP contribution is -2.51. The summed E-state index contributed by atoms with van der Waals surface area (Å²) in [5.74, 6) is 1.36. The maximum absolute atomic E-state index is 12.4. The first-order chi connectivity index (χ1) is 9.29. The molecule has 2 aliphatic rings. The van der Waals surface area contributed by atoms with Crippen LogP contribution in [0.1, 0.15) is 24.4 Å². The molecule has 0 aromatic heterocycles. The van der Waals surface area contributed by atoms with Crippen LogP contribution < -0.4 is 10.1 Å². The second-order valence-electron chi connectivity index (χ2n) is 5.32. The molecular formula is C15H21ClN2O2. The highest BCUT2D eigenvalue weighted by Gasteiger charge is 2.36. The van der Waals surface area contributed by atoms with Crippen LogP contribution in [0.4, 0.5) is 0 Å². The Morgan fingerprint density at radius 2 is 2.20 bits per heavy atom. The number of rotatable bonds is 3. The molecule has 2 saturated heterocycles. The van der Waals surface area contributed by atoms with E-state index in [1.165, 1.54) is 5.56 Å². The number of halogens is 1. The van der Waals surface area contributed by atoms with Gasteiger partial charge in [0.2, 0.25) is 5.91 Å². The third kappa shape index (κ3) is 2.76. The van der Waals surface area contributed by atoms with E-state index in [0.717, 1.165) is 38.2 Å². The number of methoxy groups -OCH3 is 1. The minimum atomic E-state index is 0. The molecule has 2 heterocycles. The Bertz CT molecular complexity index is 477. The standard InChI is InChI=1S/C15H20N2O2.ClH/c1-19-13-5-2-4-11(8-13)14-6-3-7-17(14)15(18)12-9-16-10-12;/h2,4-5,8,12,14,16H,3,6-7,9-10H2,1H3;1H. The number of hydrogen-bond donors (Lipinski definition) is 1. The van der Waals surface area contributed by atoms with Gasteiger partial charge in [0, 0.05) is 19.6 Å². The topological polar surface area (TPSA) is 41.6 Å². The van der Waals surface area contributed by atoms with Crippen LogP contribution in [0.15, 0.2) is 24.3 Å². The van der Waals surface area contributed by atoms with Gasteiger partial charge in [-0.2, -0.15) is 0 Å². The molecule has 0 saturated carbocycles. The third-order valence-electron chi connectivity index (χ3n) is 4.15. The van der Waals surface area contributed by atoms with Gasteiger partial charge in [-0.1, -0.05) is 12.1 Å². The molecule has 2 aliphatic heterocycles. The van der Waals surface area contributed by atoms with Crippen molar-refractivity contribution in [2.75, 3.05) is 26.7 Å². The average molecular weight is 297 g/mol. The van der Waals surface area contributed by atoms with Crippen molar-refractivity contribution in [2.45, 2.75) is 18.9 Å². The maximum atomic E-state index is 12.4. The van der Waals surface area contributed by atoms with E-state index in [2.05, 4.69) is 22.3 Å². The van der Waals surface area contributed by atoms with Gasteiger partial charge < -0.3 is 15.0 Å². The number of hydrogen-bond acceptors (Lipinski definition) is 3. The number of carbonyl (C=O) groups excluding carboxylic acids is 1. The van der Waals surface area contributed by atoms with Crippen molar-refractivity contribution >= 4 is 18.3 Å². The number of likely N-dealkylation sites (tertiary alicyclic amines) is 1. The summed E-state index contributed by atoms with van der Waals surface area (Å²) >= 11 is 0. The molecule has 1 N–H and O–H groups in total. The molecule has 5 heteroatoms. The van der Waals surface area contributed by atoms with Gasteiger partial charge in [0.25, 0.3) is 0 Å².